The molecule has 1 aliphatic rings. The number of carboxylic acid groups (broad SMARTS) is 1. The number of thioether (sulfide) groups is 1. The lowest BCUT2D eigenvalue weighted by atomic mass is 10.1. The first kappa shape index (κ1) is 14.0. The third-order valence-electron chi connectivity index (χ3n) is 3.77. The summed E-state index contributed by atoms with van der Waals surface area (Å²) in [6, 6.07) is 7.28. The lowest BCUT2D eigenvalue weighted by molar-refractivity contribution is -0.147. The number of hydrogen-bond acceptors (Lipinski definition) is 3. The number of nitrogens with one attached hydrogen (secondary N) is 1. The van der Waals surface area contributed by atoms with Crippen molar-refractivity contribution in [3.8, 4) is 0 Å². The van der Waals surface area contributed by atoms with Crippen LogP contribution in [0.1, 0.15) is 12.0 Å². The monoisotopic (exact) mass is 304 g/mol. The van der Waals surface area contributed by atoms with Gasteiger partial charge in [0.2, 0.25) is 5.91 Å². The van der Waals surface area contributed by atoms with Gasteiger partial charge in [-0.3, -0.25) is 4.79 Å². The van der Waals surface area contributed by atoms with Crippen LogP contribution >= 0.6 is 11.8 Å². The summed E-state index contributed by atoms with van der Waals surface area (Å²) < 4.78 is 0. The number of aryl methyl sites for hydroxylation is 1. The second kappa shape index (κ2) is 5.81. The Morgan fingerprint density at radius 3 is 3.00 bits per heavy atom. The Bertz CT molecular complexity index is 682. The van der Waals surface area contributed by atoms with Crippen LogP contribution < -0.4 is 0 Å². The Hall–Kier alpha value is -1.95. The topological polar surface area (TPSA) is 73.4 Å². The summed E-state index contributed by atoms with van der Waals surface area (Å²) in [6.07, 6.45) is 2.88. The van der Waals surface area contributed by atoms with E-state index in [9.17, 15) is 9.59 Å². The predicted molar refractivity (Wildman–Crippen MR) is 82.2 cm³/mol. The van der Waals surface area contributed by atoms with E-state index < -0.39 is 12.0 Å². The van der Waals surface area contributed by atoms with Gasteiger partial charge in [0, 0.05) is 29.3 Å². The summed E-state index contributed by atoms with van der Waals surface area (Å²) >= 11 is 1.49. The van der Waals surface area contributed by atoms with Gasteiger partial charge in [0.1, 0.15) is 6.04 Å². The summed E-state index contributed by atoms with van der Waals surface area (Å²) in [5.41, 5.74) is 2.15. The molecule has 0 bridgehead atoms. The van der Waals surface area contributed by atoms with Crippen molar-refractivity contribution in [3.05, 3.63) is 36.0 Å². The SMILES string of the molecule is O=C(O)[C@@H]1CSCN1C(=O)CCc1c[nH]c2ccccc12. The zero-order chi connectivity index (χ0) is 14.8. The number of carboxylic acids is 1. The highest BCUT2D eigenvalue weighted by Crippen LogP contribution is 2.23. The molecule has 110 valence electrons. The Balaban J connectivity index is 1.67. The van der Waals surface area contributed by atoms with Gasteiger partial charge in [-0.25, -0.2) is 4.79 Å². The number of benzene rings is 1. The molecule has 2 heterocycles. The van der Waals surface area contributed by atoms with Crippen molar-refractivity contribution in [1.29, 1.82) is 0 Å². The number of aliphatic carboxylic acids is 1. The van der Waals surface area contributed by atoms with Crippen LogP contribution in [0.5, 0.6) is 0 Å². The number of carbonyl (C=O) groups excluding carboxylic acids is 1. The smallest absolute Gasteiger partial charge is 0.327 e. The third-order valence-corrected chi connectivity index (χ3v) is 4.78. The first-order chi connectivity index (χ1) is 10.2. The standard InChI is InChI=1S/C15H16N2O3S/c18-14(17-9-21-8-13(17)15(19)20)6-5-10-7-16-12-4-2-1-3-11(10)12/h1-4,7,13,16H,5-6,8-9H2,(H,19,20)/t13-/m0/s1. The molecule has 1 aromatic carbocycles. The molecule has 2 N–H and O–H groups in total. The molecular formula is C15H16N2O3S. The molecule has 3 rings (SSSR count). The maximum Gasteiger partial charge on any atom is 0.327 e. The van der Waals surface area contributed by atoms with E-state index in [4.69, 9.17) is 5.11 Å². The fourth-order valence-electron chi connectivity index (χ4n) is 2.62. The zero-order valence-corrected chi connectivity index (χ0v) is 12.2. The van der Waals surface area contributed by atoms with Crippen molar-refractivity contribution in [2.75, 3.05) is 11.6 Å². The molecule has 0 radical (unpaired) electrons. The first-order valence-electron chi connectivity index (χ1n) is 6.82. The second-order valence-electron chi connectivity index (χ2n) is 5.08. The van der Waals surface area contributed by atoms with Gasteiger partial charge in [0.05, 0.1) is 5.88 Å². The van der Waals surface area contributed by atoms with Crippen LogP contribution in [0, 0.1) is 0 Å². The van der Waals surface area contributed by atoms with Gasteiger partial charge < -0.3 is 15.0 Å². The molecule has 0 spiro atoms. The first-order valence-corrected chi connectivity index (χ1v) is 7.97. The van der Waals surface area contributed by atoms with Crippen LogP contribution in [0.25, 0.3) is 10.9 Å². The van der Waals surface area contributed by atoms with Crippen LogP contribution in [0.4, 0.5) is 0 Å². The van der Waals surface area contributed by atoms with E-state index in [1.165, 1.54) is 16.7 Å². The minimum Gasteiger partial charge on any atom is -0.480 e. The Morgan fingerprint density at radius 2 is 2.19 bits per heavy atom. The molecule has 1 atom stereocenters. The van der Waals surface area contributed by atoms with Gasteiger partial charge in [-0.15, -0.1) is 11.8 Å². The molecule has 0 aliphatic carbocycles. The number of hydrogen-bond donors (Lipinski definition) is 2. The van der Waals surface area contributed by atoms with Gasteiger partial charge in [-0.1, -0.05) is 18.2 Å². The highest BCUT2D eigenvalue weighted by Gasteiger charge is 2.34. The fourth-order valence-corrected chi connectivity index (χ4v) is 3.79. The van der Waals surface area contributed by atoms with Gasteiger partial charge in [0.15, 0.2) is 0 Å². The molecule has 1 saturated heterocycles. The number of para-hydroxylation sites is 1. The average molecular weight is 304 g/mol. The number of amides is 1. The van der Waals surface area contributed by atoms with Gasteiger partial charge in [-0.2, -0.15) is 0 Å². The Morgan fingerprint density at radius 1 is 1.38 bits per heavy atom. The summed E-state index contributed by atoms with van der Waals surface area (Å²) in [6.45, 7) is 0. The Kier molecular flexibility index (Phi) is 3.88. The lowest BCUT2D eigenvalue weighted by Crippen LogP contribution is -2.41. The highest BCUT2D eigenvalue weighted by molar-refractivity contribution is 7.99. The van der Waals surface area contributed by atoms with Gasteiger partial charge >= 0.3 is 5.97 Å². The number of H-pyrrole nitrogens is 1. The van der Waals surface area contributed by atoms with Crippen molar-refractivity contribution >= 4 is 34.5 Å². The normalized spacial score (nSPS) is 18.3. The van der Waals surface area contributed by atoms with E-state index in [-0.39, 0.29) is 5.91 Å². The summed E-state index contributed by atoms with van der Waals surface area (Å²) in [5.74, 6) is -0.0455. The average Bonchev–Trinajstić information content (AvgIpc) is 3.12. The highest BCUT2D eigenvalue weighted by atomic mass is 32.2. The quantitative estimate of drug-likeness (QED) is 0.907. The molecule has 21 heavy (non-hydrogen) atoms. The van der Waals surface area contributed by atoms with E-state index in [0.717, 1.165) is 16.5 Å². The molecule has 6 heteroatoms. The number of fused-ring (bicyclic) bond motifs is 1. The van der Waals surface area contributed by atoms with E-state index in [1.54, 1.807) is 0 Å². The minimum atomic E-state index is -0.916. The third kappa shape index (κ3) is 2.76. The molecule has 1 aliphatic heterocycles. The van der Waals surface area contributed by atoms with E-state index in [2.05, 4.69) is 4.98 Å². The van der Waals surface area contributed by atoms with Crippen LogP contribution in [-0.4, -0.2) is 44.5 Å². The second-order valence-corrected chi connectivity index (χ2v) is 6.08. The van der Waals surface area contributed by atoms with Crippen molar-refractivity contribution in [1.82, 2.24) is 9.88 Å². The van der Waals surface area contributed by atoms with Crippen molar-refractivity contribution < 1.29 is 14.7 Å². The lowest BCUT2D eigenvalue weighted by Gasteiger charge is -2.20. The number of aromatic amines is 1. The van der Waals surface area contributed by atoms with Crippen molar-refractivity contribution in [2.45, 2.75) is 18.9 Å². The van der Waals surface area contributed by atoms with Crippen LogP contribution in [-0.2, 0) is 16.0 Å². The van der Waals surface area contributed by atoms with E-state index >= 15 is 0 Å². The summed E-state index contributed by atoms with van der Waals surface area (Å²) in [4.78, 5) is 28.0. The number of aromatic nitrogens is 1. The maximum absolute atomic E-state index is 12.2. The molecular weight excluding hydrogens is 288 g/mol. The predicted octanol–water partition coefficient (Wildman–Crippen LogP) is 2.09. The fraction of sp³-hybridized carbons (Fsp3) is 0.333. The maximum atomic E-state index is 12.2. The molecule has 0 unspecified atom stereocenters. The van der Waals surface area contributed by atoms with E-state index in [1.807, 2.05) is 30.5 Å². The summed E-state index contributed by atoms with van der Waals surface area (Å²) in [5, 5.41) is 10.2. The molecule has 5 nitrogen and oxygen atoms in total. The Labute approximate surface area is 126 Å². The van der Waals surface area contributed by atoms with Crippen molar-refractivity contribution in [3.63, 3.8) is 0 Å². The zero-order valence-electron chi connectivity index (χ0n) is 11.4. The van der Waals surface area contributed by atoms with Crippen LogP contribution in [0.3, 0.4) is 0 Å². The molecule has 1 fully saturated rings. The van der Waals surface area contributed by atoms with Crippen LogP contribution in [0.2, 0.25) is 0 Å². The minimum absolute atomic E-state index is 0.0855. The number of nitrogens with zero attached hydrogens (tertiary/aromatic N) is 1. The number of carbonyl (C=O) groups is 2. The molecule has 1 aromatic heterocycles. The molecule has 0 saturated carbocycles. The van der Waals surface area contributed by atoms with Crippen molar-refractivity contribution in [2.24, 2.45) is 0 Å². The molecule has 1 amide bonds. The summed E-state index contributed by atoms with van der Waals surface area (Å²) in [7, 11) is 0. The largest absolute Gasteiger partial charge is 0.480 e. The van der Waals surface area contributed by atoms with Gasteiger partial charge in [-0.05, 0) is 18.1 Å². The molecule has 2 aromatic rings. The van der Waals surface area contributed by atoms with Crippen LogP contribution in [0.15, 0.2) is 30.5 Å². The van der Waals surface area contributed by atoms with E-state index in [0.29, 0.717) is 24.5 Å². The number of rotatable bonds is 4. The van der Waals surface area contributed by atoms with Gasteiger partial charge in [0.25, 0.3) is 0 Å².